The van der Waals surface area contributed by atoms with Crippen molar-refractivity contribution in [2.45, 2.75) is 154 Å². The zero-order chi connectivity index (χ0) is 61.3. The summed E-state index contributed by atoms with van der Waals surface area (Å²) in [7, 11) is 0. The lowest BCUT2D eigenvalue weighted by Crippen LogP contribution is -2.59. The lowest BCUT2D eigenvalue weighted by Gasteiger charge is -2.26. The Kier molecular flexibility index (Phi) is 26.6. The SMILES string of the molecule is CC[C@@H](CCC(=O)N[C@@H](CC(C)C)C(N)=O)NC(=O)[C@H](Cc1cnc[nH]1)NC(=O)CNC(=O)[C@@H](NC(=O)[C@H](C)NC(=O)[C@H](Cc1c[nH]c2ccccc12)NC(=O)[C@H](CCC(N)=O)NC(=O)CCCCNC(=O)c1ccc(F)c(N)c1)C(C)C. The number of para-hydroxylation sites is 1. The summed E-state index contributed by atoms with van der Waals surface area (Å²) >= 11 is 0. The molecule has 452 valence electrons. The second-order valence-electron chi connectivity index (χ2n) is 21.1. The molecule has 0 aliphatic heterocycles. The Hall–Kier alpha value is -8.91. The number of nitrogens with zero attached hydrogens (tertiary/aromatic N) is 1. The Morgan fingerprint density at radius 2 is 1.31 bits per heavy atom. The number of hydrogen-bond donors (Lipinski definition) is 14. The van der Waals surface area contributed by atoms with E-state index < -0.39 is 126 Å². The summed E-state index contributed by atoms with van der Waals surface area (Å²) < 4.78 is 13.6. The quantitative estimate of drug-likeness (QED) is 0.0216. The number of aromatic amines is 2. The Bertz CT molecular complexity index is 2900. The third-order valence-corrected chi connectivity index (χ3v) is 13.4. The second kappa shape index (κ2) is 33.1. The highest BCUT2D eigenvalue weighted by Gasteiger charge is 2.33. The minimum Gasteiger partial charge on any atom is -0.396 e. The molecular weight excluding hydrogens is 1080 g/mol. The van der Waals surface area contributed by atoms with Crippen LogP contribution in [0.3, 0.4) is 0 Å². The van der Waals surface area contributed by atoms with Crippen molar-refractivity contribution in [2.24, 2.45) is 23.3 Å². The van der Waals surface area contributed by atoms with Gasteiger partial charge in [0, 0.05) is 79.2 Å². The lowest BCUT2D eigenvalue weighted by molar-refractivity contribution is -0.135. The molecule has 0 fully saturated rings. The van der Waals surface area contributed by atoms with Crippen molar-refractivity contribution in [3.8, 4) is 0 Å². The maximum atomic E-state index is 14.2. The number of rotatable bonds is 35. The summed E-state index contributed by atoms with van der Waals surface area (Å²) in [4.78, 5) is 155. The zero-order valence-electron chi connectivity index (χ0n) is 47.7. The maximum absolute atomic E-state index is 14.2. The number of imidazole rings is 1. The van der Waals surface area contributed by atoms with Crippen molar-refractivity contribution in [3.63, 3.8) is 0 Å². The van der Waals surface area contributed by atoms with Gasteiger partial charge in [0.1, 0.15) is 42.1 Å². The van der Waals surface area contributed by atoms with E-state index in [1.165, 1.54) is 31.6 Å². The van der Waals surface area contributed by atoms with Crippen LogP contribution in [-0.2, 0) is 60.8 Å². The summed E-state index contributed by atoms with van der Waals surface area (Å²) in [6.07, 6.45) is 5.38. The van der Waals surface area contributed by atoms with Crippen LogP contribution in [0.25, 0.3) is 10.9 Å². The number of benzene rings is 2. The molecular formula is C56H80FN15O11. The normalized spacial score (nSPS) is 13.7. The van der Waals surface area contributed by atoms with E-state index in [0.29, 0.717) is 30.5 Å². The highest BCUT2D eigenvalue weighted by molar-refractivity contribution is 5.98. The van der Waals surface area contributed by atoms with Crippen molar-refractivity contribution >= 4 is 81.6 Å². The van der Waals surface area contributed by atoms with Gasteiger partial charge in [-0.2, -0.15) is 0 Å². The van der Waals surface area contributed by atoms with Gasteiger partial charge in [0.2, 0.25) is 59.1 Å². The number of H-pyrrole nitrogens is 2. The van der Waals surface area contributed by atoms with Gasteiger partial charge in [-0.25, -0.2) is 9.37 Å². The van der Waals surface area contributed by atoms with Gasteiger partial charge in [0.25, 0.3) is 5.91 Å². The second-order valence-corrected chi connectivity index (χ2v) is 21.1. The highest BCUT2D eigenvalue weighted by atomic mass is 19.1. The third-order valence-electron chi connectivity index (χ3n) is 13.4. The first-order chi connectivity index (χ1) is 39.3. The molecule has 0 aliphatic carbocycles. The Balaban J connectivity index is 1.38. The molecule has 26 nitrogen and oxygen atoms in total. The van der Waals surface area contributed by atoms with E-state index in [1.54, 1.807) is 38.2 Å². The number of nitrogens with one attached hydrogen (secondary N) is 11. The lowest BCUT2D eigenvalue weighted by atomic mass is 10.0. The summed E-state index contributed by atoms with van der Waals surface area (Å²) in [6.45, 7) is 9.78. The number of nitrogens with two attached hydrogens (primary N) is 3. The van der Waals surface area contributed by atoms with E-state index in [-0.39, 0.29) is 75.1 Å². The number of amides is 11. The summed E-state index contributed by atoms with van der Waals surface area (Å²) in [5.74, 6) is -8.56. The Morgan fingerprint density at radius 3 is 1.96 bits per heavy atom. The predicted molar refractivity (Wildman–Crippen MR) is 305 cm³/mol. The summed E-state index contributed by atoms with van der Waals surface area (Å²) in [5.41, 5.74) is 18.3. The molecule has 2 heterocycles. The number of nitrogen functional groups attached to an aromatic ring is 1. The van der Waals surface area contributed by atoms with Gasteiger partial charge < -0.3 is 75.0 Å². The smallest absolute Gasteiger partial charge is 0.251 e. The van der Waals surface area contributed by atoms with Gasteiger partial charge in [0.05, 0.1) is 18.6 Å². The molecule has 2 aromatic heterocycles. The molecule has 83 heavy (non-hydrogen) atoms. The fraction of sp³-hybridized carbons (Fsp3) is 0.500. The number of primary amides is 2. The number of carbonyl (C=O) groups is 11. The molecule has 0 unspecified atom stereocenters. The van der Waals surface area contributed by atoms with E-state index in [1.807, 2.05) is 26.8 Å². The van der Waals surface area contributed by atoms with Crippen LogP contribution >= 0.6 is 0 Å². The standard InChI is InChI=1S/C56H80FN15O11/c1-7-35(16-20-47(75)69-42(50(60)77)22-30(2)3)67-55(82)44(25-36-27-61-29-65-36)70-48(76)28-64-56(83)49(31(4)5)72-51(78)32(6)66-54(81)43(24-34-26-63-40-13-9-8-12-37(34)40)71-53(80)41(18-19-45(59)73)68-46(74)14-10-11-21-62-52(79)33-15-17-38(57)39(58)23-33/h8-9,12-13,15,17,23,26-27,29-32,35,41-44,49,63H,7,10-11,14,16,18-22,24-25,28,58H2,1-6H3,(H2,59,73)(H2,60,77)(H,61,65)(H,62,79)(H,64,83)(H,66,81)(H,67,82)(H,68,74)(H,69,75)(H,70,76)(H,71,80)(H,72,78)/t32-,35-,41-,42-,43-,44-,49-/m0/s1. The predicted octanol–water partition coefficient (Wildman–Crippen LogP) is 0.171. The van der Waals surface area contributed by atoms with Crippen LogP contribution in [0.1, 0.15) is 121 Å². The third kappa shape index (κ3) is 22.5. The van der Waals surface area contributed by atoms with Gasteiger partial charge in [0.15, 0.2) is 0 Å². The molecule has 0 aliphatic rings. The summed E-state index contributed by atoms with van der Waals surface area (Å²) in [5, 5.41) is 24.6. The highest BCUT2D eigenvalue weighted by Crippen LogP contribution is 2.20. The van der Waals surface area contributed by atoms with Crippen LogP contribution < -0.4 is 65.1 Å². The molecule has 0 saturated carbocycles. The maximum Gasteiger partial charge on any atom is 0.251 e. The van der Waals surface area contributed by atoms with Gasteiger partial charge in [-0.3, -0.25) is 52.7 Å². The van der Waals surface area contributed by atoms with Crippen LogP contribution in [0.5, 0.6) is 0 Å². The summed E-state index contributed by atoms with van der Waals surface area (Å²) in [6, 6.07) is 3.00. The number of aromatic nitrogens is 3. The minimum atomic E-state index is -1.37. The van der Waals surface area contributed by atoms with Crippen molar-refractivity contribution in [1.29, 1.82) is 0 Å². The number of fused-ring (bicyclic) bond motifs is 1. The molecule has 0 bridgehead atoms. The van der Waals surface area contributed by atoms with E-state index >= 15 is 0 Å². The number of carbonyl (C=O) groups excluding carboxylic acids is 11. The van der Waals surface area contributed by atoms with Crippen molar-refractivity contribution in [3.05, 3.63) is 83.8 Å². The monoisotopic (exact) mass is 1160 g/mol. The number of halogens is 1. The number of unbranched alkanes of at least 4 members (excludes halogenated alkanes) is 1. The fourth-order valence-electron chi connectivity index (χ4n) is 8.73. The van der Waals surface area contributed by atoms with Gasteiger partial charge in [-0.15, -0.1) is 0 Å². The molecule has 4 rings (SSSR count). The van der Waals surface area contributed by atoms with Crippen LogP contribution in [0.2, 0.25) is 0 Å². The van der Waals surface area contributed by atoms with Gasteiger partial charge >= 0.3 is 0 Å². The number of hydrogen-bond acceptors (Lipinski definition) is 13. The van der Waals surface area contributed by atoms with Gasteiger partial charge in [-0.1, -0.05) is 52.8 Å². The van der Waals surface area contributed by atoms with Crippen molar-refractivity contribution in [2.75, 3.05) is 18.8 Å². The Labute approximate surface area is 480 Å². The molecule has 27 heteroatoms. The van der Waals surface area contributed by atoms with Crippen LogP contribution in [0, 0.1) is 17.7 Å². The van der Waals surface area contributed by atoms with Crippen molar-refractivity contribution in [1.82, 2.24) is 62.8 Å². The topological polar surface area (TPSA) is 419 Å². The molecule has 17 N–H and O–H groups in total. The molecule has 0 spiro atoms. The zero-order valence-corrected chi connectivity index (χ0v) is 47.7. The van der Waals surface area contributed by atoms with Crippen LogP contribution in [0.15, 0.2) is 61.2 Å². The fourth-order valence-corrected chi connectivity index (χ4v) is 8.73. The van der Waals surface area contributed by atoms with Crippen LogP contribution in [0.4, 0.5) is 10.1 Å². The molecule has 0 saturated heterocycles. The molecule has 2 aromatic carbocycles. The molecule has 0 radical (unpaired) electrons. The number of anilines is 1. The van der Waals surface area contributed by atoms with Gasteiger partial charge in [-0.05, 0) is 87.1 Å². The molecule has 11 amide bonds. The van der Waals surface area contributed by atoms with E-state index in [0.717, 1.165) is 17.0 Å². The molecule has 7 atom stereocenters. The van der Waals surface area contributed by atoms with Crippen LogP contribution in [-0.4, -0.2) is 135 Å². The van der Waals surface area contributed by atoms with E-state index in [4.69, 9.17) is 17.2 Å². The van der Waals surface area contributed by atoms with E-state index in [2.05, 4.69) is 62.8 Å². The average Bonchev–Trinajstić information content (AvgIpc) is 4.34. The molecule has 4 aromatic rings. The largest absolute Gasteiger partial charge is 0.396 e. The average molecular weight is 1160 g/mol. The van der Waals surface area contributed by atoms with Crippen molar-refractivity contribution < 1.29 is 57.1 Å². The first-order valence-electron chi connectivity index (χ1n) is 27.7. The Morgan fingerprint density at radius 1 is 0.651 bits per heavy atom. The van der Waals surface area contributed by atoms with E-state index in [9.17, 15) is 57.1 Å². The minimum absolute atomic E-state index is 0.0181. The first-order valence-corrected chi connectivity index (χ1v) is 27.7. The first kappa shape index (κ1) is 66.6.